The van der Waals surface area contributed by atoms with Crippen LogP contribution in [-0.2, 0) is 13.2 Å². The predicted molar refractivity (Wildman–Crippen MR) is 102 cm³/mol. The molecule has 0 spiro atoms. The maximum Gasteiger partial charge on any atom is 0.180 e. The molecule has 4 nitrogen and oxygen atoms in total. The Balaban J connectivity index is 1.26. The zero-order valence-electron chi connectivity index (χ0n) is 13.9. The van der Waals surface area contributed by atoms with Gasteiger partial charge in [0.2, 0.25) is 0 Å². The van der Waals surface area contributed by atoms with Crippen LogP contribution in [0.15, 0.2) is 60.8 Å². The van der Waals surface area contributed by atoms with Crippen LogP contribution >= 0.6 is 11.3 Å². The summed E-state index contributed by atoms with van der Waals surface area (Å²) in [6, 6.07) is 19.3. The summed E-state index contributed by atoms with van der Waals surface area (Å²) in [6.07, 6.45) is 3.03. The maximum absolute atomic E-state index is 5.85. The highest BCUT2D eigenvalue weighted by atomic mass is 32.1. The average molecular weight is 351 g/mol. The van der Waals surface area contributed by atoms with E-state index in [1.165, 1.54) is 22.4 Å². The number of nitrogens with zero attached hydrogens (tertiary/aromatic N) is 1. The van der Waals surface area contributed by atoms with E-state index < -0.39 is 0 Å². The van der Waals surface area contributed by atoms with Crippen LogP contribution in [0.1, 0.15) is 28.3 Å². The number of nitrogens with one attached hydrogen (secondary N) is 1. The first-order chi connectivity index (χ1) is 12.3. The molecule has 0 aliphatic heterocycles. The predicted octanol–water partition coefficient (Wildman–Crippen LogP) is 3.95. The van der Waals surface area contributed by atoms with E-state index in [0.29, 0.717) is 23.7 Å². The molecule has 0 saturated heterocycles. The van der Waals surface area contributed by atoms with Gasteiger partial charge in [-0.25, -0.2) is 4.98 Å². The zero-order chi connectivity index (χ0) is 17.1. The molecule has 25 heavy (non-hydrogen) atoms. The van der Waals surface area contributed by atoms with E-state index in [4.69, 9.17) is 10.5 Å². The number of nitrogens with two attached hydrogens (primary N) is 1. The van der Waals surface area contributed by atoms with Crippen molar-refractivity contribution < 1.29 is 4.74 Å². The third-order valence-electron chi connectivity index (χ3n) is 4.46. The van der Waals surface area contributed by atoms with Crippen molar-refractivity contribution in [1.82, 2.24) is 10.3 Å². The fourth-order valence-electron chi connectivity index (χ4n) is 2.98. The van der Waals surface area contributed by atoms with Crippen LogP contribution < -0.4 is 15.8 Å². The molecule has 1 aromatic heterocycles. The van der Waals surface area contributed by atoms with Crippen molar-refractivity contribution >= 4 is 16.5 Å². The van der Waals surface area contributed by atoms with Crippen LogP contribution in [0, 0.1) is 0 Å². The first kappa shape index (κ1) is 16.1. The topological polar surface area (TPSA) is 60.2 Å². The van der Waals surface area contributed by atoms with Gasteiger partial charge in [-0.3, -0.25) is 0 Å². The zero-order valence-corrected chi connectivity index (χ0v) is 14.7. The van der Waals surface area contributed by atoms with Crippen LogP contribution in [0.4, 0.5) is 5.13 Å². The second-order valence-corrected chi connectivity index (χ2v) is 7.48. The molecule has 1 fully saturated rings. The van der Waals surface area contributed by atoms with Gasteiger partial charge in [0.05, 0.1) is 0 Å². The number of ether oxygens (including phenoxy) is 1. The van der Waals surface area contributed by atoms with E-state index >= 15 is 0 Å². The first-order valence-corrected chi connectivity index (χ1v) is 9.30. The molecule has 2 unspecified atom stereocenters. The van der Waals surface area contributed by atoms with Crippen molar-refractivity contribution in [2.75, 3.05) is 5.73 Å². The van der Waals surface area contributed by atoms with Gasteiger partial charge in [0, 0.05) is 29.6 Å². The molecule has 0 radical (unpaired) electrons. The molecule has 1 saturated carbocycles. The van der Waals surface area contributed by atoms with Crippen LogP contribution in [0.5, 0.6) is 5.75 Å². The lowest BCUT2D eigenvalue weighted by atomic mass is 10.1. The molecular weight excluding hydrogens is 330 g/mol. The first-order valence-electron chi connectivity index (χ1n) is 8.48. The molecule has 0 bridgehead atoms. The lowest BCUT2D eigenvalue weighted by Gasteiger charge is -2.08. The minimum atomic E-state index is 0.541. The van der Waals surface area contributed by atoms with E-state index in [0.717, 1.165) is 12.3 Å². The molecule has 3 aromatic rings. The lowest BCUT2D eigenvalue weighted by molar-refractivity contribution is 0.306. The lowest BCUT2D eigenvalue weighted by Crippen LogP contribution is -2.16. The Kier molecular flexibility index (Phi) is 4.68. The summed E-state index contributed by atoms with van der Waals surface area (Å²) in [5.41, 5.74) is 8.21. The largest absolute Gasteiger partial charge is 0.489 e. The van der Waals surface area contributed by atoms with Crippen molar-refractivity contribution in [3.63, 3.8) is 0 Å². The van der Waals surface area contributed by atoms with Gasteiger partial charge in [-0.15, -0.1) is 11.3 Å². The number of rotatable bonds is 7. The van der Waals surface area contributed by atoms with Gasteiger partial charge in [0.25, 0.3) is 0 Å². The third-order valence-corrected chi connectivity index (χ3v) is 5.28. The van der Waals surface area contributed by atoms with Gasteiger partial charge < -0.3 is 15.8 Å². The number of nitrogen functional groups attached to an aromatic ring is 1. The summed E-state index contributed by atoms with van der Waals surface area (Å²) in [6.45, 7) is 1.44. The summed E-state index contributed by atoms with van der Waals surface area (Å²) in [7, 11) is 0. The number of hydrogen-bond donors (Lipinski definition) is 2. The maximum atomic E-state index is 5.85. The van der Waals surface area contributed by atoms with Crippen molar-refractivity contribution in [3.8, 4) is 5.75 Å². The minimum absolute atomic E-state index is 0.541. The second-order valence-electron chi connectivity index (χ2n) is 6.34. The molecule has 1 aliphatic rings. The van der Waals surface area contributed by atoms with Crippen LogP contribution in [0.2, 0.25) is 0 Å². The summed E-state index contributed by atoms with van der Waals surface area (Å²) < 4.78 is 5.85. The Labute approximate surface area is 151 Å². The van der Waals surface area contributed by atoms with E-state index in [9.17, 15) is 0 Å². The highest BCUT2D eigenvalue weighted by Gasteiger charge is 2.37. The quantitative estimate of drug-likeness (QED) is 0.677. The summed E-state index contributed by atoms with van der Waals surface area (Å²) in [5.74, 6) is 1.51. The van der Waals surface area contributed by atoms with Crippen molar-refractivity contribution in [2.45, 2.75) is 31.5 Å². The van der Waals surface area contributed by atoms with Crippen LogP contribution in [-0.4, -0.2) is 11.0 Å². The van der Waals surface area contributed by atoms with Crippen molar-refractivity contribution in [3.05, 3.63) is 76.8 Å². The van der Waals surface area contributed by atoms with E-state index in [1.807, 2.05) is 24.4 Å². The van der Waals surface area contributed by atoms with E-state index in [-0.39, 0.29) is 0 Å². The molecule has 0 amide bonds. The second kappa shape index (κ2) is 7.25. The number of thiazole rings is 1. The van der Waals surface area contributed by atoms with Gasteiger partial charge in [-0.1, -0.05) is 42.5 Å². The normalized spacial score (nSPS) is 18.9. The van der Waals surface area contributed by atoms with E-state index in [2.05, 4.69) is 46.7 Å². The Morgan fingerprint density at radius 3 is 2.64 bits per heavy atom. The standard InChI is InChI=1S/C20H21N3OS/c21-20-23-12-17(25-20)11-22-19-10-18(19)15-6-8-16(9-7-15)24-13-14-4-2-1-3-5-14/h1-9,12,18-19,22H,10-11,13H2,(H2,21,23). The van der Waals surface area contributed by atoms with Crippen molar-refractivity contribution in [2.24, 2.45) is 0 Å². The Bertz CT molecular complexity index is 816. The molecule has 4 rings (SSSR count). The van der Waals surface area contributed by atoms with Gasteiger partial charge >= 0.3 is 0 Å². The monoisotopic (exact) mass is 351 g/mol. The number of benzene rings is 2. The SMILES string of the molecule is Nc1ncc(CNC2CC2c2ccc(OCc3ccccc3)cc2)s1. The Hall–Kier alpha value is -2.37. The highest BCUT2D eigenvalue weighted by molar-refractivity contribution is 7.15. The smallest absolute Gasteiger partial charge is 0.180 e. The van der Waals surface area contributed by atoms with Gasteiger partial charge in [-0.05, 0) is 29.7 Å². The average Bonchev–Trinajstić information content (AvgIpc) is 3.32. The van der Waals surface area contributed by atoms with Crippen LogP contribution in [0.25, 0.3) is 0 Å². The van der Waals surface area contributed by atoms with Gasteiger partial charge in [0.15, 0.2) is 5.13 Å². The number of aromatic nitrogens is 1. The molecule has 128 valence electrons. The van der Waals surface area contributed by atoms with Crippen LogP contribution in [0.3, 0.4) is 0 Å². The molecule has 2 aromatic carbocycles. The van der Waals surface area contributed by atoms with Gasteiger partial charge in [0.1, 0.15) is 12.4 Å². The molecule has 5 heteroatoms. The fourth-order valence-corrected chi connectivity index (χ4v) is 3.61. The molecular formula is C20H21N3OS. The number of hydrogen-bond acceptors (Lipinski definition) is 5. The van der Waals surface area contributed by atoms with Crippen molar-refractivity contribution in [1.29, 1.82) is 0 Å². The third kappa shape index (κ3) is 4.18. The Morgan fingerprint density at radius 1 is 1.12 bits per heavy atom. The minimum Gasteiger partial charge on any atom is -0.489 e. The molecule has 1 heterocycles. The number of anilines is 1. The Morgan fingerprint density at radius 2 is 1.92 bits per heavy atom. The van der Waals surface area contributed by atoms with Gasteiger partial charge in [-0.2, -0.15) is 0 Å². The fraction of sp³-hybridized carbons (Fsp3) is 0.250. The summed E-state index contributed by atoms with van der Waals surface area (Å²) >= 11 is 1.55. The summed E-state index contributed by atoms with van der Waals surface area (Å²) in [4.78, 5) is 5.27. The highest BCUT2D eigenvalue weighted by Crippen LogP contribution is 2.41. The van der Waals surface area contributed by atoms with E-state index in [1.54, 1.807) is 11.3 Å². The molecule has 2 atom stereocenters. The summed E-state index contributed by atoms with van der Waals surface area (Å²) in [5, 5.41) is 4.21. The molecule has 1 aliphatic carbocycles. The molecule has 3 N–H and O–H groups in total.